The first-order chi connectivity index (χ1) is 11.6. The zero-order chi connectivity index (χ0) is 18.7. The van der Waals surface area contributed by atoms with Gasteiger partial charge in [-0.2, -0.15) is 0 Å². The van der Waals surface area contributed by atoms with Crippen molar-refractivity contribution in [3.8, 4) is 0 Å². The molecule has 8 heteroatoms. The topological polar surface area (TPSA) is 101 Å². The van der Waals surface area contributed by atoms with E-state index in [9.17, 15) is 22.4 Å². The number of halogens is 1. The van der Waals surface area contributed by atoms with E-state index in [1.165, 1.54) is 0 Å². The molecule has 0 spiro atoms. The van der Waals surface area contributed by atoms with E-state index in [0.29, 0.717) is 12.8 Å². The molecule has 0 radical (unpaired) electrons. The van der Waals surface area contributed by atoms with Crippen molar-refractivity contribution in [2.24, 2.45) is 5.41 Å². The van der Waals surface area contributed by atoms with Gasteiger partial charge in [-0.05, 0) is 36.5 Å². The molecule has 2 rings (SSSR count). The fourth-order valence-electron chi connectivity index (χ4n) is 3.40. The minimum absolute atomic E-state index is 0.0259. The molecule has 0 bridgehead atoms. The first kappa shape index (κ1) is 19.4. The molecule has 25 heavy (non-hydrogen) atoms. The highest BCUT2D eigenvalue weighted by Crippen LogP contribution is 2.42. The standard InChI is InChI=1S/C17H22FNO5S/c1-25(23,24)12-5-6-13(18)14(9-12)19-15(20)10-17(11-16(21)22)7-3-2-4-8-17/h5-6,9H,2-4,7-8,10-11H2,1H3,(H,19,20)(H,21,22). The van der Waals surface area contributed by atoms with Crippen molar-refractivity contribution in [3.63, 3.8) is 0 Å². The van der Waals surface area contributed by atoms with E-state index < -0.39 is 32.9 Å². The van der Waals surface area contributed by atoms with E-state index >= 15 is 0 Å². The summed E-state index contributed by atoms with van der Waals surface area (Å²) in [7, 11) is -3.53. The van der Waals surface area contributed by atoms with Gasteiger partial charge in [0.15, 0.2) is 9.84 Å². The van der Waals surface area contributed by atoms with Crippen LogP contribution in [0.5, 0.6) is 0 Å². The highest BCUT2D eigenvalue weighted by Gasteiger charge is 2.36. The number of aliphatic carboxylic acids is 1. The van der Waals surface area contributed by atoms with Crippen molar-refractivity contribution in [2.75, 3.05) is 11.6 Å². The molecular formula is C17H22FNO5S. The summed E-state index contributed by atoms with van der Waals surface area (Å²) >= 11 is 0. The number of carboxylic acid groups (broad SMARTS) is 1. The zero-order valence-corrected chi connectivity index (χ0v) is 14.9. The van der Waals surface area contributed by atoms with Crippen molar-refractivity contribution >= 4 is 27.4 Å². The van der Waals surface area contributed by atoms with E-state index in [4.69, 9.17) is 5.11 Å². The lowest BCUT2D eigenvalue weighted by Gasteiger charge is -2.35. The Labute approximate surface area is 146 Å². The lowest BCUT2D eigenvalue weighted by molar-refractivity contribution is -0.140. The monoisotopic (exact) mass is 371 g/mol. The SMILES string of the molecule is CS(=O)(=O)c1ccc(F)c(NC(=O)CC2(CC(=O)O)CCCCC2)c1. The molecule has 1 fully saturated rings. The van der Waals surface area contributed by atoms with Gasteiger partial charge in [-0.25, -0.2) is 12.8 Å². The summed E-state index contributed by atoms with van der Waals surface area (Å²) in [5, 5.41) is 11.5. The minimum Gasteiger partial charge on any atom is -0.481 e. The predicted octanol–water partition coefficient (Wildman–Crippen LogP) is 2.98. The average molecular weight is 371 g/mol. The number of sulfone groups is 1. The Morgan fingerprint density at radius 2 is 1.84 bits per heavy atom. The van der Waals surface area contributed by atoms with Gasteiger partial charge < -0.3 is 10.4 Å². The van der Waals surface area contributed by atoms with Crippen LogP contribution in [0.3, 0.4) is 0 Å². The fourth-order valence-corrected chi connectivity index (χ4v) is 4.05. The maximum Gasteiger partial charge on any atom is 0.303 e. The quantitative estimate of drug-likeness (QED) is 0.749. The van der Waals surface area contributed by atoms with Gasteiger partial charge in [0.1, 0.15) is 5.82 Å². The molecule has 0 aromatic heterocycles. The molecule has 1 aliphatic rings. The van der Waals surface area contributed by atoms with Gasteiger partial charge >= 0.3 is 5.97 Å². The van der Waals surface area contributed by atoms with E-state index in [2.05, 4.69) is 5.32 Å². The maximum absolute atomic E-state index is 13.9. The van der Waals surface area contributed by atoms with Gasteiger partial charge in [-0.3, -0.25) is 9.59 Å². The van der Waals surface area contributed by atoms with Crippen molar-refractivity contribution in [3.05, 3.63) is 24.0 Å². The van der Waals surface area contributed by atoms with Crippen molar-refractivity contribution in [1.82, 2.24) is 0 Å². The molecular weight excluding hydrogens is 349 g/mol. The van der Waals surface area contributed by atoms with Crippen LogP contribution >= 0.6 is 0 Å². The van der Waals surface area contributed by atoms with Gasteiger partial charge in [-0.1, -0.05) is 19.3 Å². The Morgan fingerprint density at radius 1 is 1.20 bits per heavy atom. The van der Waals surface area contributed by atoms with E-state index in [1.807, 2.05) is 0 Å². The molecule has 1 aromatic carbocycles. The van der Waals surface area contributed by atoms with Gasteiger partial charge in [-0.15, -0.1) is 0 Å². The summed E-state index contributed by atoms with van der Waals surface area (Å²) in [4.78, 5) is 23.4. The minimum atomic E-state index is -3.53. The van der Waals surface area contributed by atoms with E-state index in [1.54, 1.807) is 0 Å². The van der Waals surface area contributed by atoms with Gasteiger partial charge in [0.2, 0.25) is 5.91 Å². The third kappa shape index (κ3) is 5.26. The molecule has 138 valence electrons. The largest absolute Gasteiger partial charge is 0.481 e. The molecule has 0 unspecified atom stereocenters. The number of hydrogen-bond donors (Lipinski definition) is 2. The fraction of sp³-hybridized carbons (Fsp3) is 0.529. The number of anilines is 1. The second-order valence-corrected chi connectivity index (χ2v) is 8.79. The Morgan fingerprint density at radius 3 is 2.40 bits per heavy atom. The number of benzene rings is 1. The molecule has 1 aliphatic carbocycles. The van der Waals surface area contributed by atoms with Crippen LogP contribution in [-0.4, -0.2) is 31.7 Å². The maximum atomic E-state index is 13.9. The Bertz CT molecular complexity index is 769. The lowest BCUT2D eigenvalue weighted by Crippen LogP contribution is -2.32. The molecule has 0 saturated heterocycles. The molecule has 0 atom stereocenters. The Hall–Kier alpha value is -1.96. The summed E-state index contributed by atoms with van der Waals surface area (Å²) in [5.74, 6) is -2.20. The number of carbonyl (C=O) groups is 2. The van der Waals surface area contributed by atoms with Crippen molar-refractivity contribution in [2.45, 2.75) is 49.8 Å². The number of nitrogens with one attached hydrogen (secondary N) is 1. The van der Waals surface area contributed by atoms with E-state index in [-0.39, 0.29) is 23.4 Å². The zero-order valence-electron chi connectivity index (χ0n) is 14.0. The summed E-state index contributed by atoms with van der Waals surface area (Å²) < 4.78 is 37.0. The van der Waals surface area contributed by atoms with Crippen LogP contribution in [-0.2, 0) is 19.4 Å². The third-order valence-corrected chi connectivity index (χ3v) is 5.73. The Balaban J connectivity index is 2.17. The molecule has 2 N–H and O–H groups in total. The van der Waals surface area contributed by atoms with Gasteiger partial charge in [0.05, 0.1) is 17.0 Å². The van der Waals surface area contributed by atoms with Crippen LogP contribution in [0.25, 0.3) is 0 Å². The van der Waals surface area contributed by atoms with Crippen LogP contribution in [0, 0.1) is 11.2 Å². The number of carboxylic acids is 1. The third-order valence-electron chi connectivity index (χ3n) is 4.62. The number of amides is 1. The molecule has 6 nitrogen and oxygen atoms in total. The summed E-state index contributed by atoms with van der Waals surface area (Å²) in [6.45, 7) is 0. The predicted molar refractivity (Wildman–Crippen MR) is 90.5 cm³/mol. The average Bonchev–Trinajstić information content (AvgIpc) is 2.48. The van der Waals surface area contributed by atoms with Crippen LogP contribution in [0.15, 0.2) is 23.1 Å². The van der Waals surface area contributed by atoms with Crippen LogP contribution in [0.1, 0.15) is 44.9 Å². The number of rotatable bonds is 6. The molecule has 1 saturated carbocycles. The first-order valence-electron chi connectivity index (χ1n) is 8.13. The lowest BCUT2D eigenvalue weighted by atomic mass is 9.69. The Kier molecular flexibility index (Phi) is 5.82. The highest BCUT2D eigenvalue weighted by molar-refractivity contribution is 7.90. The number of hydrogen-bond acceptors (Lipinski definition) is 4. The molecule has 1 aromatic rings. The second-order valence-electron chi connectivity index (χ2n) is 6.77. The molecule has 1 amide bonds. The summed E-state index contributed by atoms with van der Waals surface area (Å²) in [6, 6.07) is 3.19. The van der Waals surface area contributed by atoms with Crippen molar-refractivity contribution in [1.29, 1.82) is 0 Å². The first-order valence-corrected chi connectivity index (χ1v) is 10.0. The van der Waals surface area contributed by atoms with Crippen LogP contribution < -0.4 is 5.32 Å². The molecule has 0 aliphatic heterocycles. The van der Waals surface area contributed by atoms with Gasteiger partial charge in [0, 0.05) is 12.7 Å². The highest BCUT2D eigenvalue weighted by atomic mass is 32.2. The molecule has 0 heterocycles. The summed E-state index contributed by atoms with van der Waals surface area (Å²) in [5.41, 5.74) is -0.840. The number of carbonyl (C=O) groups excluding carboxylic acids is 1. The second kappa shape index (κ2) is 7.51. The van der Waals surface area contributed by atoms with Crippen molar-refractivity contribution < 1.29 is 27.5 Å². The van der Waals surface area contributed by atoms with Gasteiger partial charge in [0.25, 0.3) is 0 Å². The summed E-state index contributed by atoms with van der Waals surface area (Å²) in [6.07, 6.45) is 4.87. The smallest absolute Gasteiger partial charge is 0.303 e. The van der Waals surface area contributed by atoms with Crippen LogP contribution in [0.2, 0.25) is 0 Å². The normalized spacial score (nSPS) is 17.0. The van der Waals surface area contributed by atoms with Crippen LogP contribution in [0.4, 0.5) is 10.1 Å². The van der Waals surface area contributed by atoms with E-state index in [0.717, 1.165) is 43.7 Å².